The van der Waals surface area contributed by atoms with E-state index in [0.717, 1.165) is 12.1 Å². The maximum atomic E-state index is 11.8. The van der Waals surface area contributed by atoms with Crippen LogP contribution in [0.15, 0.2) is 28.8 Å². The van der Waals surface area contributed by atoms with E-state index < -0.39 is 6.03 Å². The summed E-state index contributed by atoms with van der Waals surface area (Å²) in [6.07, 6.45) is 0. The largest absolute Gasteiger partial charge is 0.329 e. The van der Waals surface area contributed by atoms with Gasteiger partial charge < -0.3 is 15.2 Å². The van der Waals surface area contributed by atoms with Gasteiger partial charge in [-0.2, -0.15) is 4.98 Å². The van der Waals surface area contributed by atoms with E-state index in [0.29, 0.717) is 11.5 Å². The number of hydrogen-bond acceptors (Lipinski definition) is 5. The van der Waals surface area contributed by atoms with E-state index in [1.54, 1.807) is 6.92 Å². The number of carbonyl (C=O) groups excluding carboxylic acids is 1. The average molecular weight is 289 g/mol. The molecule has 0 aliphatic rings. The second kappa shape index (κ2) is 6.85. The number of nitrogens with zero attached hydrogens (tertiary/aromatic N) is 2. The first-order valence-electron chi connectivity index (χ1n) is 6.80. The van der Waals surface area contributed by atoms with Gasteiger partial charge in [0, 0.05) is 11.7 Å². The third kappa shape index (κ3) is 4.28. The van der Waals surface area contributed by atoms with Gasteiger partial charge in [-0.05, 0) is 38.1 Å². The van der Waals surface area contributed by atoms with E-state index >= 15 is 0 Å². The Balaban J connectivity index is 1.92. The molecule has 0 fully saturated rings. The first-order valence-corrected chi connectivity index (χ1v) is 6.80. The average Bonchev–Trinajstić information content (AvgIpc) is 2.85. The zero-order valence-corrected chi connectivity index (χ0v) is 12.3. The fourth-order valence-electron chi connectivity index (χ4n) is 1.89. The Kier molecular flexibility index (Phi) is 4.89. The number of nitrogens with one attached hydrogen (secondary N) is 3. The van der Waals surface area contributed by atoms with Gasteiger partial charge in [-0.1, -0.05) is 24.2 Å². The smallest absolute Gasteiger partial charge is 0.315 e. The van der Waals surface area contributed by atoms with Crippen molar-refractivity contribution in [3.05, 3.63) is 35.7 Å². The molecule has 1 unspecified atom stereocenters. The number of urea groups is 1. The van der Waals surface area contributed by atoms with Crippen LogP contribution in [0.4, 0.5) is 16.5 Å². The molecule has 2 rings (SSSR count). The highest BCUT2D eigenvalue weighted by atomic mass is 16.5. The lowest BCUT2D eigenvalue weighted by Gasteiger charge is -2.13. The molecule has 3 N–H and O–H groups in total. The molecule has 2 amide bonds. The predicted octanol–water partition coefficient (Wildman–Crippen LogP) is 2.69. The van der Waals surface area contributed by atoms with E-state index in [1.807, 2.05) is 24.3 Å². The van der Waals surface area contributed by atoms with Crippen molar-refractivity contribution in [1.29, 1.82) is 0 Å². The molecule has 0 aliphatic heterocycles. The van der Waals surface area contributed by atoms with Crippen molar-refractivity contribution in [1.82, 2.24) is 15.5 Å². The van der Waals surface area contributed by atoms with Gasteiger partial charge in [-0.25, -0.2) is 4.79 Å². The van der Waals surface area contributed by atoms with Crippen molar-refractivity contribution in [2.75, 3.05) is 17.2 Å². The van der Waals surface area contributed by atoms with E-state index in [9.17, 15) is 4.79 Å². The molecule has 1 atom stereocenters. The Morgan fingerprint density at radius 3 is 2.57 bits per heavy atom. The zero-order valence-electron chi connectivity index (χ0n) is 12.3. The molecule has 0 saturated heterocycles. The molecule has 0 aliphatic carbocycles. The van der Waals surface area contributed by atoms with Crippen LogP contribution in [-0.2, 0) is 0 Å². The third-order valence-electron chi connectivity index (χ3n) is 2.93. The molecular formula is C14H19N5O2. The van der Waals surface area contributed by atoms with Crippen LogP contribution in [0.25, 0.3) is 0 Å². The highest BCUT2D eigenvalue weighted by Crippen LogP contribution is 2.16. The fourth-order valence-corrected chi connectivity index (χ4v) is 1.89. The Bertz CT molecular complexity index is 594. The normalized spacial score (nSPS) is 12.0. The molecule has 0 spiro atoms. The van der Waals surface area contributed by atoms with Gasteiger partial charge in [-0.3, -0.25) is 5.32 Å². The number of hydrogen-bond donors (Lipinski definition) is 3. The second-order valence-corrected chi connectivity index (χ2v) is 4.63. The topological polar surface area (TPSA) is 92.1 Å². The minimum absolute atomic E-state index is 0.0717. The second-order valence-electron chi connectivity index (χ2n) is 4.63. The lowest BCUT2D eigenvalue weighted by atomic mass is 10.1. The lowest BCUT2D eigenvalue weighted by molar-refractivity contribution is 0.261. The van der Waals surface area contributed by atoms with Gasteiger partial charge in [-0.15, -0.1) is 0 Å². The highest BCUT2D eigenvalue weighted by Gasteiger charge is 2.08. The van der Waals surface area contributed by atoms with Crippen molar-refractivity contribution in [3.63, 3.8) is 0 Å². The summed E-state index contributed by atoms with van der Waals surface area (Å²) >= 11 is 0. The molecule has 1 heterocycles. The first kappa shape index (κ1) is 15.0. The SMILES string of the molecule is CCNC(C)c1ccc(NC(=O)Nc2nc(C)no2)cc1. The Labute approximate surface area is 123 Å². The summed E-state index contributed by atoms with van der Waals surface area (Å²) in [4.78, 5) is 15.6. The maximum absolute atomic E-state index is 11.8. The molecule has 0 bridgehead atoms. The zero-order chi connectivity index (χ0) is 15.2. The molecule has 7 heteroatoms. The van der Waals surface area contributed by atoms with Gasteiger partial charge in [0.1, 0.15) is 0 Å². The highest BCUT2D eigenvalue weighted by molar-refractivity contribution is 5.98. The van der Waals surface area contributed by atoms with Crippen molar-refractivity contribution in [2.24, 2.45) is 0 Å². The van der Waals surface area contributed by atoms with Crippen LogP contribution >= 0.6 is 0 Å². The van der Waals surface area contributed by atoms with Gasteiger partial charge in [0.05, 0.1) is 0 Å². The van der Waals surface area contributed by atoms with Crippen molar-refractivity contribution >= 4 is 17.7 Å². The molecule has 112 valence electrons. The summed E-state index contributed by atoms with van der Waals surface area (Å²) < 4.78 is 4.81. The number of aromatic nitrogens is 2. The predicted molar refractivity (Wildman–Crippen MR) is 80.2 cm³/mol. The number of amides is 2. The molecule has 1 aromatic carbocycles. The van der Waals surface area contributed by atoms with Crippen LogP contribution in [0.1, 0.15) is 31.3 Å². The molecule has 2 aromatic rings. The fraction of sp³-hybridized carbons (Fsp3) is 0.357. The summed E-state index contributed by atoms with van der Waals surface area (Å²) in [6.45, 7) is 6.75. The van der Waals surface area contributed by atoms with Crippen LogP contribution in [0.3, 0.4) is 0 Å². The quantitative estimate of drug-likeness (QED) is 0.787. The number of anilines is 2. The summed E-state index contributed by atoms with van der Waals surface area (Å²) in [7, 11) is 0. The maximum Gasteiger partial charge on any atom is 0.329 e. The minimum Gasteiger partial charge on any atom is -0.315 e. The summed E-state index contributed by atoms with van der Waals surface area (Å²) in [6, 6.07) is 7.57. The monoisotopic (exact) mass is 289 g/mol. The Hall–Kier alpha value is -2.41. The van der Waals surface area contributed by atoms with E-state index in [-0.39, 0.29) is 12.1 Å². The lowest BCUT2D eigenvalue weighted by Crippen LogP contribution is -2.20. The summed E-state index contributed by atoms with van der Waals surface area (Å²) in [5.41, 5.74) is 1.85. The number of aryl methyl sites for hydroxylation is 1. The van der Waals surface area contributed by atoms with Gasteiger partial charge in [0.25, 0.3) is 0 Å². The van der Waals surface area contributed by atoms with Crippen molar-refractivity contribution in [3.8, 4) is 0 Å². The minimum atomic E-state index is -0.425. The van der Waals surface area contributed by atoms with Gasteiger partial charge in [0.2, 0.25) is 0 Å². The number of rotatable bonds is 5. The van der Waals surface area contributed by atoms with Crippen LogP contribution in [0.5, 0.6) is 0 Å². The molecule has 1 aromatic heterocycles. The first-order chi connectivity index (χ1) is 10.1. The van der Waals surface area contributed by atoms with E-state index in [1.165, 1.54) is 0 Å². The van der Waals surface area contributed by atoms with Crippen LogP contribution in [0, 0.1) is 6.92 Å². The molecule has 21 heavy (non-hydrogen) atoms. The molecule has 0 radical (unpaired) electrons. The number of benzene rings is 1. The van der Waals surface area contributed by atoms with Crippen LogP contribution in [-0.4, -0.2) is 22.7 Å². The Morgan fingerprint density at radius 2 is 2.00 bits per heavy atom. The van der Waals surface area contributed by atoms with Crippen LogP contribution < -0.4 is 16.0 Å². The van der Waals surface area contributed by atoms with E-state index in [4.69, 9.17) is 4.52 Å². The van der Waals surface area contributed by atoms with Crippen LogP contribution in [0.2, 0.25) is 0 Å². The third-order valence-corrected chi connectivity index (χ3v) is 2.93. The van der Waals surface area contributed by atoms with Gasteiger partial charge >= 0.3 is 12.0 Å². The molecule has 7 nitrogen and oxygen atoms in total. The number of carbonyl (C=O) groups is 1. The van der Waals surface area contributed by atoms with Gasteiger partial charge in [0.15, 0.2) is 5.82 Å². The standard InChI is InChI=1S/C14H19N5O2/c1-4-15-9(2)11-5-7-12(8-6-11)17-13(20)18-14-16-10(3)19-21-14/h5-9,15H,4H2,1-3H3,(H2,16,17,18,19,20). The Morgan fingerprint density at radius 1 is 1.29 bits per heavy atom. The summed E-state index contributed by atoms with van der Waals surface area (Å²) in [5, 5.41) is 12.1. The molecule has 0 saturated carbocycles. The molecular weight excluding hydrogens is 270 g/mol. The van der Waals surface area contributed by atoms with Crippen molar-refractivity contribution < 1.29 is 9.32 Å². The van der Waals surface area contributed by atoms with Crippen molar-refractivity contribution in [2.45, 2.75) is 26.8 Å². The van der Waals surface area contributed by atoms with E-state index in [2.05, 4.69) is 39.9 Å². The summed E-state index contributed by atoms with van der Waals surface area (Å²) in [5.74, 6) is 0.465.